The number of thiophene rings is 1. The van der Waals surface area contributed by atoms with Crippen LogP contribution in [0.1, 0.15) is 41.1 Å². The predicted octanol–water partition coefficient (Wildman–Crippen LogP) is 4.55. The maximum atomic E-state index is 12.8. The molecule has 0 fully saturated rings. The number of aromatic nitrogens is 3. The first-order valence-electron chi connectivity index (χ1n) is 11.6. The van der Waals surface area contributed by atoms with Crippen LogP contribution in [0.2, 0.25) is 0 Å². The molecule has 0 saturated heterocycles. The van der Waals surface area contributed by atoms with Crippen molar-refractivity contribution in [2.75, 3.05) is 17.7 Å². The van der Waals surface area contributed by atoms with Gasteiger partial charge in [0.25, 0.3) is 5.91 Å². The van der Waals surface area contributed by atoms with Crippen LogP contribution in [-0.2, 0) is 24.2 Å². The molecule has 0 spiro atoms. The SMILES string of the molecule is C=CCn1c(SCC(=O)Nc2sc3c(c2C(N)=O)CCC(C)C3)nnc1-c1ccccc1OCC. The van der Waals surface area contributed by atoms with Crippen molar-refractivity contribution in [2.45, 2.75) is 44.8 Å². The molecule has 0 saturated carbocycles. The van der Waals surface area contributed by atoms with Gasteiger partial charge in [0.15, 0.2) is 11.0 Å². The van der Waals surface area contributed by atoms with Gasteiger partial charge in [0.2, 0.25) is 5.91 Å². The van der Waals surface area contributed by atoms with E-state index in [2.05, 4.69) is 29.0 Å². The Kier molecular flexibility index (Phi) is 7.92. The van der Waals surface area contributed by atoms with E-state index in [1.165, 1.54) is 23.1 Å². The number of nitrogens with one attached hydrogen (secondary N) is 1. The molecule has 2 heterocycles. The van der Waals surface area contributed by atoms with Gasteiger partial charge in [0.05, 0.1) is 23.5 Å². The molecule has 3 aromatic rings. The van der Waals surface area contributed by atoms with Crippen molar-refractivity contribution < 1.29 is 14.3 Å². The van der Waals surface area contributed by atoms with Crippen molar-refractivity contribution in [2.24, 2.45) is 11.7 Å². The minimum absolute atomic E-state index is 0.111. The molecule has 0 radical (unpaired) electrons. The number of ether oxygens (including phenoxy) is 1. The average Bonchev–Trinajstić information content (AvgIpc) is 3.39. The Balaban J connectivity index is 1.52. The van der Waals surface area contributed by atoms with Crippen LogP contribution in [0.4, 0.5) is 5.00 Å². The number of rotatable bonds is 10. The third kappa shape index (κ3) is 5.43. The van der Waals surface area contributed by atoms with E-state index < -0.39 is 5.91 Å². The molecule has 2 aromatic heterocycles. The van der Waals surface area contributed by atoms with Crippen LogP contribution >= 0.6 is 23.1 Å². The van der Waals surface area contributed by atoms with Crippen molar-refractivity contribution in [3.63, 3.8) is 0 Å². The number of amides is 2. The Morgan fingerprint density at radius 3 is 2.91 bits per heavy atom. The molecule has 0 aliphatic heterocycles. The highest BCUT2D eigenvalue weighted by Gasteiger charge is 2.27. The zero-order valence-corrected chi connectivity index (χ0v) is 21.5. The van der Waals surface area contributed by atoms with Gasteiger partial charge in [-0.05, 0) is 49.8 Å². The maximum Gasteiger partial charge on any atom is 0.251 e. The van der Waals surface area contributed by atoms with E-state index in [9.17, 15) is 9.59 Å². The van der Waals surface area contributed by atoms with Crippen molar-refractivity contribution in [1.29, 1.82) is 0 Å². The van der Waals surface area contributed by atoms with Crippen molar-refractivity contribution in [1.82, 2.24) is 14.8 Å². The summed E-state index contributed by atoms with van der Waals surface area (Å²) in [6.07, 6.45) is 4.49. The number of nitrogens with zero attached hydrogens (tertiary/aromatic N) is 3. The van der Waals surface area contributed by atoms with E-state index in [0.29, 0.717) is 40.6 Å². The topological polar surface area (TPSA) is 112 Å². The predicted molar refractivity (Wildman–Crippen MR) is 140 cm³/mol. The summed E-state index contributed by atoms with van der Waals surface area (Å²) in [7, 11) is 0. The van der Waals surface area contributed by atoms with E-state index in [0.717, 1.165) is 41.0 Å². The summed E-state index contributed by atoms with van der Waals surface area (Å²) in [5.74, 6) is 1.31. The Bertz CT molecular complexity index is 1250. The fourth-order valence-corrected chi connectivity index (χ4v) is 6.39. The molecule has 35 heavy (non-hydrogen) atoms. The molecular formula is C25H29N5O3S2. The summed E-state index contributed by atoms with van der Waals surface area (Å²) in [6.45, 7) is 8.99. The summed E-state index contributed by atoms with van der Waals surface area (Å²) >= 11 is 2.74. The number of allylic oxidation sites excluding steroid dienone is 1. The van der Waals surface area contributed by atoms with Gasteiger partial charge >= 0.3 is 0 Å². The normalized spacial score (nSPS) is 14.9. The van der Waals surface area contributed by atoms with Crippen LogP contribution in [0.15, 0.2) is 42.1 Å². The van der Waals surface area contributed by atoms with Crippen molar-refractivity contribution >= 4 is 39.9 Å². The second-order valence-corrected chi connectivity index (χ2v) is 10.4. The Morgan fingerprint density at radius 1 is 1.37 bits per heavy atom. The number of primary amides is 1. The smallest absolute Gasteiger partial charge is 0.251 e. The standard InChI is InChI=1S/C25H29N5O3S2/c1-4-12-30-23(16-8-6-7-9-18(16)33-5-2)28-29-25(30)34-14-20(31)27-24-21(22(26)32)17-11-10-15(3)13-19(17)35-24/h4,6-9,15H,1,5,10-14H2,2-3H3,(H2,26,32)(H,27,31). The van der Waals surface area contributed by atoms with Crippen LogP contribution in [0.5, 0.6) is 5.75 Å². The second kappa shape index (κ2) is 11.1. The Hall–Kier alpha value is -3.11. The average molecular weight is 512 g/mol. The molecule has 0 bridgehead atoms. The summed E-state index contributed by atoms with van der Waals surface area (Å²) in [5, 5.41) is 12.7. The Labute approximate surface area is 213 Å². The molecule has 1 aliphatic carbocycles. The first-order valence-corrected chi connectivity index (χ1v) is 13.4. The number of carbonyl (C=O) groups excluding carboxylic acids is 2. The van der Waals surface area contributed by atoms with Crippen molar-refractivity contribution in [3.8, 4) is 17.1 Å². The fourth-order valence-electron chi connectivity index (χ4n) is 4.21. The van der Waals surface area contributed by atoms with Crippen LogP contribution in [0, 0.1) is 5.92 Å². The van der Waals surface area contributed by atoms with E-state index in [1.54, 1.807) is 6.08 Å². The number of anilines is 1. The minimum Gasteiger partial charge on any atom is -0.493 e. The molecule has 8 nitrogen and oxygen atoms in total. The molecule has 3 N–H and O–H groups in total. The largest absolute Gasteiger partial charge is 0.493 e. The highest BCUT2D eigenvalue weighted by molar-refractivity contribution is 7.99. The second-order valence-electron chi connectivity index (χ2n) is 8.39. The third-order valence-corrected chi connectivity index (χ3v) is 7.94. The lowest BCUT2D eigenvalue weighted by molar-refractivity contribution is -0.113. The number of hydrogen-bond donors (Lipinski definition) is 2. The molecule has 1 atom stereocenters. The molecule has 4 rings (SSSR count). The van der Waals surface area contributed by atoms with Gasteiger partial charge in [-0.2, -0.15) is 0 Å². The van der Waals surface area contributed by atoms with E-state index >= 15 is 0 Å². The molecule has 2 amide bonds. The van der Waals surface area contributed by atoms with Gasteiger partial charge in [-0.15, -0.1) is 28.1 Å². The van der Waals surface area contributed by atoms with Gasteiger partial charge in [-0.1, -0.05) is 36.9 Å². The number of benzene rings is 1. The summed E-state index contributed by atoms with van der Waals surface area (Å²) in [6, 6.07) is 7.65. The number of para-hydroxylation sites is 1. The maximum absolute atomic E-state index is 12.8. The first-order chi connectivity index (χ1) is 16.9. The lowest BCUT2D eigenvalue weighted by atomic mass is 9.88. The van der Waals surface area contributed by atoms with Crippen molar-refractivity contribution in [3.05, 3.63) is 52.9 Å². The highest BCUT2D eigenvalue weighted by Crippen LogP contribution is 2.39. The minimum atomic E-state index is -0.497. The van der Waals surface area contributed by atoms with E-state index in [4.69, 9.17) is 10.5 Å². The van der Waals surface area contributed by atoms with Crippen LogP contribution in [-0.4, -0.2) is 38.9 Å². The lowest BCUT2D eigenvalue weighted by Gasteiger charge is -2.18. The number of thioether (sulfide) groups is 1. The summed E-state index contributed by atoms with van der Waals surface area (Å²) in [5.41, 5.74) is 7.95. The number of fused-ring (bicyclic) bond motifs is 1. The van der Waals surface area contributed by atoms with Gasteiger partial charge in [0, 0.05) is 11.4 Å². The van der Waals surface area contributed by atoms with Crippen LogP contribution in [0.25, 0.3) is 11.4 Å². The monoisotopic (exact) mass is 511 g/mol. The molecule has 1 aliphatic rings. The summed E-state index contributed by atoms with van der Waals surface area (Å²) < 4.78 is 7.66. The van der Waals surface area contributed by atoms with Crippen LogP contribution in [0.3, 0.4) is 0 Å². The first kappa shape index (κ1) is 25.0. The highest BCUT2D eigenvalue weighted by atomic mass is 32.2. The summed E-state index contributed by atoms with van der Waals surface area (Å²) in [4.78, 5) is 26.1. The van der Waals surface area contributed by atoms with Gasteiger partial charge in [-0.25, -0.2) is 0 Å². The van der Waals surface area contributed by atoms with Gasteiger partial charge in [0.1, 0.15) is 10.8 Å². The van der Waals surface area contributed by atoms with Gasteiger partial charge < -0.3 is 15.8 Å². The Morgan fingerprint density at radius 2 is 2.17 bits per heavy atom. The molecular weight excluding hydrogens is 482 g/mol. The van der Waals surface area contributed by atoms with Crippen LogP contribution < -0.4 is 15.8 Å². The fraction of sp³-hybridized carbons (Fsp3) is 0.360. The quantitative estimate of drug-likeness (QED) is 0.305. The number of carbonyl (C=O) groups is 2. The zero-order valence-electron chi connectivity index (χ0n) is 19.9. The molecule has 184 valence electrons. The van der Waals surface area contributed by atoms with E-state index in [1.807, 2.05) is 35.8 Å². The number of hydrogen-bond acceptors (Lipinski definition) is 7. The lowest BCUT2D eigenvalue weighted by Crippen LogP contribution is -2.20. The zero-order chi connectivity index (χ0) is 24.9. The van der Waals surface area contributed by atoms with Gasteiger partial charge in [-0.3, -0.25) is 14.2 Å². The van der Waals surface area contributed by atoms with E-state index in [-0.39, 0.29) is 11.7 Å². The third-order valence-electron chi connectivity index (χ3n) is 5.80. The number of nitrogens with two attached hydrogens (primary N) is 1. The molecule has 1 aromatic carbocycles. The molecule has 10 heteroatoms. The molecule has 1 unspecified atom stereocenters.